The highest BCUT2D eigenvalue weighted by Gasteiger charge is 2.45. The fourth-order valence-corrected chi connectivity index (χ4v) is 4.30. The standard InChI is InChI=1S/C19H19F7N4O3S/c20-16(21)14-13(19(24,25)26)15(30(29-14)9-10-4-6-18(22,23)7-5-10)17(31)28-11-2-1-3-12(8-11)34(27,32)33/h1-3,8,10,16H,4-7,9H2,(H,28,31)(H2,27,32,33). The van der Waals surface area contributed by atoms with Crippen LogP contribution in [0.4, 0.5) is 36.4 Å². The largest absolute Gasteiger partial charge is 0.420 e. The summed E-state index contributed by atoms with van der Waals surface area (Å²) in [4.78, 5) is 12.4. The predicted octanol–water partition coefficient (Wildman–Crippen LogP) is 4.56. The summed E-state index contributed by atoms with van der Waals surface area (Å²) < 4.78 is 118. The van der Waals surface area contributed by atoms with Crippen LogP contribution in [0.1, 0.15) is 53.9 Å². The van der Waals surface area contributed by atoms with Crippen molar-refractivity contribution in [2.24, 2.45) is 11.1 Å². The lowest BCUT2D eigenvalue weighted by Crippen LogP contribution is -2.29. The number of benzene rings is 1. The minimum absolute atomic E-state index is 0.102. The number of sulfonamides is 1. The number of anilines is 1. The average Bonchev–Trinajstić information content (AvgIpc) is 3.09. The van der Waals surface area contributed by atoms with Gasteiger partial charge in [0.15, 0.2) is 0 Å². The van der Waals surface area contributed by atoms with Crippen LogP contribution in [0.25, 0.3) is 0 Å². The third-order valence-corrected chi connectivity index (χ3v) is 6.28. The van der Waals surface area contributed by atoms with Crippen LogP contribution in [0.3, 0.4) is 0 Å². The van der Waals surface area contributed by atoms with Crippen molar-refractivity contribution in [1.29, 1.82) is 0 Å². The number of alkyl halides is 7. The molecule has 1 saturated carbocycles. The molecular weight excluding hydrogens is 497 g/mol. The van der Waals surface area contributed by atoms with E-state index in [-0.39, 0.29) is 18.5 Å². The first-order chi connectivity index (χ1) is 15.6. The minimum Gasteiger partial charge on any atom is -0.321 e. The normalized spacial score (nSPS) is 17.2. The summed E-state index contributed by atoms with van der Waals surface area (Å²) in [5.41, 5.74) is -5.13. The molecule has 1 aromatic heterocycles. The highest BCUT2D eigenvalue weighted by Crippen LogP contribution is 2.41. The molecule has 1 aliphatic carbocycles. The lowest BCUT2D eigenvalue weighted by Gasteiger charge is -2.28. The molecule has 7 nitrogen and oxygen atoms in total. The molecule has 1 amide bonds. The lowest BCUT2D eigenvalue weighted by atomic mass is 9.87. The topological polar surface area (TPSA) is 107 Å². The highest BCUT2D eigenvalue weighted by molar-refractivity contribution is 7.89. The molecule has 0 radical (unpaired) electrons. The van der Waals surface area contributed by atoms with E-state index in [2.05, 4.69) is 5.10 Å². The Balaban J connectivity index is 2.02. The van der Waals surface area contributed by atoms with Gasteiger partial charge in [0.05, 0.1) is 4.90 Å². The van der Waals surface area contributed by atoms with E-state index in [9.17, 15) is 43.9 Å². The van der Waals surface area contributed by atoms with Crippen LogP contribution < -0.4 is 10.5 Å². The number of nitrogens with one attached hydrogen (secondary N) is 1. The predicted molar refractivity (Wildman–Crippen MR) is 105 cm³/mol. The number of aromatic nitrogens is 2. The molecule has 0 unspecified atom stereocenters. The van der Waals surface area contributed by atoms with Gasteiger partial charge in [0.25, 0.3) is 12.3 Å². The van der Waals surface area contributed by atoms with Crippen LogP contribution >= 0.6 is 0 Å². The Morgan fingerprint density at radius 3 is 2.38 bits per heavy atom. The molecule has 1 heterocycles. The number of rotatable bonds is 6. The molecule has 0 bridgehead atoms. The van der Waals surface area contributed by atoms with Gasteiger partial charge in [-0.2, -0.15) is 18.3 Å². The molecule has 1 fully saturated rings. The third-order valence-electron chi connectivity index (χ3n) is 5.37. The number of carbonyl (C=O) groups excluding carboxylic acids is 1. The first-order valence-corrected chi connectivity index (χ1v) is 11.4. The molecule has 0 spiro atoms. The second-order valence-electron chi connectivity index (χ2n) is 7.92. The Hall–Kier alpha value is -2.68. The maximum Gasteiger partial charge on any atom is 0.420 e. The lowest BCUT2D eigenvalue weighted by molar-refractivity contribution is -0.139. The summed E-state index contributed by atoms with van der Waals surface area (Å²) in [5, 5.41) is 10.3. The van der Waals surface area contributed by atoms with Gasteiger partial charge in [-0.1, -0.05) is 6.07 Å². The molecule has 0 atom stereocenters. The smallest absolute Gasteiger partial charge is 0.321 e. The molecule has 0 saturated heterocycles. The van der Waals surface area contributed by atoms with Gasteiger partial charge in [-0.3, -0.25) is 9.48 Å². The third kappa shape index (κ3) is 5.87. The van der Waals surface area contributed by atoms with E-state index in [1.54, 1.807) is 0 Å². The Morgan fingerprint density at radius 1 is 1.24 bits per heavy atom. The van der Waals surface area contributed by atoms with E-state index >= 15 is 0 Å². The summed E-state index contributed by atoms with van der Waals surface area (Å²) in [7, 11) is -4.21. The molecule has 2 aromatic rings. The van der Waals surface area contributed by atoms with Crippen LogP contribution in [0.2, 0.25) is 0 Å². The Bertz CT molecular complexity index is 1170. The van der Waals surface area contributed by atoms with Crippen molar-refractivity contribution in [3.8, 4) is 0 Å². The molecule has 15 heteroatoms. The first-order valence-electron chi connectivity index (χ1n) is 9.86. The van der Waals surface area contributed by atoms with Crippen LogP contribution in [0, 0.1) is 5.92 Å². The fourth-order valence-electron chi connectivity index (χ4n) is 3.74. The molecule has 34 heavy (non-hydrogen) atoms. The van der Waals surface area contributed by atoms with Gasteiger partial charge in [0.2, 0.25) is 15.9 Å². The Kier molecular flexibility index (Phi) is 6.99. The van der Waals surface area contributed by atoms with Crippen molar-refractivity contribution in [1.82, 2.24) is 9.78 Å². The summed E-state index contributed by atoms with van der Waals surface area (Å²) in [5.74, 6) is -5.04. The Morgan fingerprint density at radius 2 is 1.85 bits per heavy atom. The molecule has 3 N–H and O–H groups in total. The molecule has 188 valence electrons. The van der Waals surface area contributed by atoms with Gasteiger partial charge in [-0.25, -0.2) is 31.1 Å². The molecule has 1 aromatic carbocycles. The van der Waals surface area contributed by atoms with Crippen LogP contribution in [0.5, 0.6) is 0 Å². The number of nitrogens with zero attached hydrogens (tertiary/aromatic N) is 2. The van der Waals surface area contributed by atoms with Crippen molar-refractivity contribution < 1.29 is 43.9 Å². The average molecular weight is 516 g/mol. The summed E-state index contributed by atoms with van der Waals surface area (Å²) >= 11 is 0. The second-order valence-corrected chi connectivity index (χ2v) is 9.48. The number of hydrogen-bond acceptors (Lipinski definition) is 4. The van der Waals surface area contributed by atoms with Gasteiger partial charge in [-0.05, 0) is 37.0 Å². The van der Waals surface area contributed by atoms with E-state index in [0.29, 0.717) is 4.68 Å². The number of nitrogens with two attached hydrogens (primary N) is 1. The molecule has 0 aliphatic heterocycles. The summed E-state index contributed by atoms with van der Waals surface area (Å²) in [6.07, 6.45) is -10.3. The van der Waals surface area contributed by atoms with Gasteiger partial charge in [0, 0.05) is 25.1 Å². The Labute approximate surface area is 189 Å². The first kappa shape index (κ1) is 25.9. The minimum atomic E-state index is -5.39. The second kappa shape index (κ2) is 9.17. The van der Waals surface area contributed by atoms with Crippen molar-refractivity contribution in [2.75, 3.05) is 5.32 Å². The fraction of sp³-hybridized carbons (Fsp3) is 0.474. The van der Waals surface area contributed by atoms with Gasteiger partial charge in [-0.15, -0.1) is 0 Å². The SMILES string of the molecule is NS(=O)(=O)c1cccc(NC(=O)c2c(C(F)(F)F)c(C(F)F)nn2CC2CCC(F)(F)CC2)c1. The summed E-state index contributed by atoms with van der Waals surface area (Å²) in [6.45, 7) is -0.466. The van der Waals surface area contributed by atoms with E-state index in [4.69, 9.17) is 5.14 Å². The van der Waals surface area contributed by atoms with E-state index in [1.165, 1.54) is 0 Å². The number of carbonyl (C=O) groups is 1. The maximum absolute atomic E-state index is 13.7. The number of hydrogen-bond donors (Lipinski definition) is 2. The molecular formula is C19H19F7N4O3S. The van der Waals surface area contributed by atoms with Crippen molar-refractivity contribution in [3.05, 3.63) is 41.2 Å². The van der Waals surface area contributed by atoms with Gasteiger partial charge in [0.1, 0.15) is 17.0 Å². The number of halogens is 7. The van der Waals surface area contributed by atoms with Crippen molar-refractivity contribution >= 4 is 21.6 Å². The molecule has 3 rings (SSSR count). The molecule has 1 aliphatic rings. The van der Waals surface area contributed by atoms with Crippen LogP contribution in [-0.4, -0.2) is 30.0 Å². The van der Waals surface area contributed by atoms with Crippen molar-refractivity contribution in [3.63, 3.8) is 0 Å². The number of amides is 1. The zero-order chi connectivity index (χ0) is 25.5. The summed E-state index contributed by atoms with van der Waals surface area (Å²) in [6, 6.07) is 4.25. The zero-order valence-corrected chi connectivity index (χ0v) is 18.1. The van der Waals surface area contributed by atoms with E-state index in [0.717, 1.165) is 24.3 Å². The number of primary sulfonamides is 1. The highest BCUT2D eigenvalue weighted by atomic mass is 32.2. The van der Waals surface area contributed by atoms with E-state index < -0.39 is 81.6 Å². The monoisotopic (exact) mass is 516 g/mol. The van der Waals surface area contributed by atoms with E-state index in [1.807, 2.05) is 5.32 Å². The van der Waals surface area contributed by atoms with Crippen LogP contribution in [0.15, 0.2) is 29.2 Å². The quantitative estimate of drug-likeness (QED) is 0.549. The van der Waals surface area contributed by atoms with Gasteiger partial charge < -0.3 is 5.32 Å². The van der Waals surface area contributed by atoms with Crippen molar-refractivity contribution in [2.45, 2.75) is 55.6 Å². The zero-order valence-electron chi connectivity index (χ0n) is 17.3. The maximum atomic E-state index is 13.7. The van der Waals surface area contributed by atoms with Crippen LogP contribution in [-0.2, 0) is 22.7 Å². The van der Waals surface area contributed by atoms with Gasteiger partial charge >= 0.3 is 6.18 Å².